The average Bonchev–Trinajstić information content (AvgIpc) is 2.57. The smallest absolute Gasteiger partial charge is 0.306 e. The molecule has 0 saturated heterocycles. The van der Waals surface area contributed by atoms with Crippen molar-refractivity contribution in [3.8, 4) is 16.9 Å². The second-order valence-corrected chi connectivity index (χ2v) is 7.46. The molecule has 144 valence electrons. The zero-order valence-corrected chi connectivity index (χ0v) is 16.4. The lowest BCUT2D eigenvalue weighted by Crippen LogP contribution is -2.23. The molecule has 0 bridgehead atoms. The Bertz CT molecular complexity index is 821. The number of benzene rings is 2. The second-order valence-electron chi connectivity index (χ2n) is 7.46. The predicted octanol–water partition coefficient (Wildman–Crippen LogP) is 4.26. The molecule has 0 aliphatic carbocycles. The van der Waals surface area contributed by atoms with Crippen LogP contribution < -0.4 is 10.5 Å². The molecular formula is C22H27NO4. The summed E-state index contributed by atoms with van der Waals surface area (Å²) in [6.07, 6.45) is 0.921. The molecule has 1 amide bonds. The summed E-state index contributed by atoms with van der Waals surface area (Å²) in [7, 11) is 0. The van der Waals surface area contributed by atoms with E-state index >= 15 is 0 Å². The summed E-state index contributed by atoms with van der Waals surface area (Å²) in [5.41, 5.74) is 8.35. The van der Waals surface area contributed by atoms with Crippen LogP contribution in [0.4, 0.5) is 0 Å². The standard InChI is InChI=1S/C22H27NO4/c1-15-13-18(26-12-6-9-20(24)27-22(2,3)4)10-11-19(15)16-7-5-8-17(14-16)21(23)25/h5,7-8,10-11,13-14H,6,9,12H2,1-4H3,(H2,23,25). The van der Waals surface area contributed by atoms with Crippen LogP contribution in [0.5, 0.6) is 5.75 Å². The van der Waals surface area contributed by atoms with Crippen LogP contribution in [-0.2, 0) is 9.53 Å². The van der Waals surface area contributed by atoms with Gasteiger partial charge < -0.3 is 15.2 Å². The van der Waals surface area contributed by atoms with Gasteiger partial charge in [-0.1, -0.05) is 18.2 Å². The van der Waals surface area contributed by atoms with Crippen molar-refractivity contribution in [1.82, 2.24) is 0 Å². The van der Waals surface area contributed by atoms with Crippen LogP contribution in [0.25, 0.3) is 11.1 Å². The lowest BCUT2D eigenvalue weighted by Gasteiger charge is -2.19. The molecule has 2 rings (SSSR count). The number of rotatable bonds is 7. The molecule has 0 aromatic heterocycles. The average molecular weight is 369 g/mol. The highest BCUT2D eigenvalue weighted by Crippen LogP contribution is 2.27. The third-order valence-corrected chi connectivity index (χ3v) is 3.87. The minimum Gasteiger partial charge on any atom is -0.494 e. The zero-order chi connectivity index (χ0) is 20.0. The van der Waals surface area contributed by atoms with E-state index in [1.165, 1.54) is 0 Å². The summed E-state index contributed by atoms with van der Waals surface area (Å²) >= 11 is 0. The van der Waals surface area contributed by atoms with Crippen molar-refractivity contribution < 1.29 is 19.1 Å². The number of amides is 1. The molecular weight excluding hydrogens is 342 g/mol. The summed E-state index contributed by atoms with van der Waals surface area (Å²) in [4.78, 5) is 23.1. The maximum Gasteiger partial charge on any atom is 0.306 e. The Labute approximate surface area is 160 Å². The molecule has 0 fully saturated rings. The molecule has 0 aliphatic rings. The van der Waals surface area contributed by atoms with Gasteiger partial charge in [0.1, 0.15) is 11.4 Å². The Morgan fingerprint density at radius 1 is 1.07 bits per heavy atom. The van der Waals surface area contributed by atoms with E-state index in [-0.39, 0.29) is 5.97 Å². The first-order chi connectivity index (χ1) is 12.7. The van der Waals surface area contributed by atoms with Crippen LogP contribution >= 0.6 is 0 Å². The summed E-state index contributed by atoms with van der Waals surface area (Å²) in [5.74, 6) is 0.0814. The Morgan fingerprint density at radius 2 is 1.81 bits per heavy atom. The van der Waals surface area contributed by atoms with E-state index in [4.69, 9.17) is 15.2 Å². The molecule has 0 spiro atoms. The molecule has 0 atom stereocenters. The number of esters is 1. The van der Waals surface area contributed by atoms with E-state index in [0.717, 1.165) is 22.4 Å². The Balaban J connectivity index is 1.94. The van der Waals surface area contributed by atoms with Crippen molar-refractivity contribution in [3.05, 3.63) is 53.6 Å². The molecule has 0 aliphatic heterocycles. The van der Waals surface area contributed by atoms with Gasteiger partial charge in [-0.15, -0.1) is 0 Å². The maximum absolute atomic E-state index is 11.7. The SMILES string of the molecule is Cc1cc(OCCCC(=O)OC(C)(C)C)ccc1-c1cccc(C(N)=O)c1. The van der Waals surface area contributed by atoms with Crippen LogP contribution in [0.2, 0.25) is 0 Å². The summed E-state index contributed by atoms with van der Waals surface area (Å²) in [6, 6.07) is 13.0. The van der Waals surface area contributed by atoms with Gasteiger partial charge in [-0.25, -0.2) is 0 Å². The lowest BCUT2D eigenvalue weighted by molar-refractivity contribution is -0.155. The van der Waals surface area contributed by atoms with Gasteiger partial charge in [0.25, 0.3) is 0 Å². The molecule has 5 nitrogen and oxygen atoms in total. The Morgan fingerprint density at radius 3 is 2.44 bits per heavy atom. The second kappa shape index (κ2) is 8.71. The van der Waals surface area contributed by atoms with Gasteiger partial charge in [-0.3, -0.25) is 9.59 Å². The first-order valence-corrected chi connectivity index (χ1v) is 9.01. The molecule has 0 saturated carbocycles. The molecule has 0 heterocycles. The number of hydrogen-bond donors (Lipinski definition) is 1. The third-order valence-electron chi connectivity index (χ3n) is 3.87. The number of primary amides is 1. The monoisotopic (exact) mass is 369 g/mol. The molecule has 5 heteroatoms. The van der Waals surface area contributed by atoms with Gasteiger partial charge in [0.2, 0.25) is 5.91 Å². The van der Waals surface area contributed by atoms with Crippen molar-refractivity contribution in [2.24, 2.45) is 5.73 Å². The van der Waals surface area contributed by atoms with E-state index < -0.39 is 11.5 Å². The molecule has 2 aromatic carbocycles. The van der Waals surface area contributed by atoms with E-state index in [2.05, 4.69) is 0 Å². The first kappa shape index (κ1) is 20.5. The minimum absolute atomic E-state index is 0.216. The molecule has 27 heavy (non-hydrogen) atoms. The van der Waals surface area contributed by atoms with Crippen LogP contribution in [0.15, 0.2) is 42.5 Å². The minimum atomic E-state index is -0.462. The fourth-order valence-electron chi connectivity index (χ4n) is 2.69. The van der Waals surface area contributed by atoms with Gasteiger partial charge in [0.15, 0.2) is 0 Å². The van der Waals surface area contributed by atoms with E-state index in [0.29, 0.717) is 25.0 Å². The van der Waals surface area contributed by atoms with Crippen LogP contribution in [-0.4, -0.2) is 24.1 Å². The number of ether oxygens (including phenoxy) is 2. The highest BCUT2D eigenvalue weighted by atomic mass is 16.6. The van der Waals surface area contributed by atoms with Crippen molar-refractivity contribution >= 4 is 11.9 Å². The normalized spacial score (nSPS) is 11.1. The highest BCUT2D eigenvalue weighted by Gasteiger charge is 2.15. The first-order valence-electron chi connectivity index (χ1n) is 9.01. The summed E-state index contributed by atoms with van der Waals surface area (Å²) < 4.78 is 11.0. The summed E-state index contributed by atoms with van der Waals surface area (Å²) in [5, 5.41) is 0. The van der Waals surface area contributed by atoms with Crippen LogP contribution in [0, 0.1) is 6.92 Å². The number of hydrogen-bond acceptors (Lipinski definition) is 4. The fraction of sp³-hybridized carbons (Fsp3) is 0.364. The quantitative estimate of drug-likeness (QED) is 0.584. The van der Waals surface area contributed by atoms with Crippen LogP contribution in [0.1, 0.15) is 49.5 Å². The molecule has 2 aromatic rings. The van der Waals surface area contributed by atoms with E-state index in [1.54, 1.807) is 12.1 Å². The topological polar surface area (TPSA) is 78.6 Å². The third kappa shape index (κ3) is 6.44. The number of aryl methyl sites for hydroxylation is 1. The zero-order valence-electron chi connectivity index (χ0n) is 16.4. The fourth-order valence-corrected chi connectivity index (χ4v) is 2.69. The largest absolute Gasteiger partial charge is 0.494 e. The maximum atomic E-state index is 11.7. The Kier molecular flexibility index (Phi) is 6.61. The van der Waals surface area contributed by atoms with Gasteiger partial charge in [-0.05, 0) is 75.1 Å². The lowest BCUT2D eigenvalue weighted by atomic mass is 9.98. The van der Waals surface area contributed by atoms with Crippen molar-refractivity contribution in [3.63, 3.8) is 0 Å². The molecule has 0 unspecified atom stereocenters. The number of nitrogens with two attached hydrogens (primary N) is 1. The number of carbonyl (C=O) groups is 2. The van der Waals surface area contributed by atoms with Crippen molar-refractivity contribution in [2.45, 2.75) is 46.1 Å². The van der Waals surface area contributed by atoms with Gasteiger partial charge in [-0.2, -0.15) is 0 Å². The van der Waals surface area contributed by atoms with Crippen molar-refractivity contribution in [2.75, 3.05) is 6.61 Å². The van der Waals surface area contributed by atoms with E-state index in [9.17, 15) is 9.59 Å². The highest BCUT2D eigenvalue weighted by molar-refractivity contribution is 5.94. The van der Waals surface area contributed by atoms with E-state index in [1.807, 2.05) is 58.0 Å². The Hall–Kier alpha value is -2.82. The van der Waals surface area contributed by atoms with Gasteiger partial charge in [0, 0.05) is 12.0 Å². The summed E-state index contributed by atoms with van der Waals surface area (Å²) in [6.45, 7) is 7.98. The molecule has 0 radical (unpaired) electrons. The van der Waals surface area contributed by atoms with Crippen molar-refractivity contribution in [1.29, 1.82) is 0 Å². The number of carbonyl (C=O) groups excluding carboxylic acids is 2. The van der Waals surface area contributed by atoms with Gasteiger partial charge in [0.05, 0.1) is 6.61 Å². The van der Waals surface area contributed by atoms with Crippen LogP contribution in [0.3, 0.4) is 0 Å². The molecule has 2 N–H and O–H groups in total. The van der Waals surface area contributed by atoms with Gasteiger partial charge >= 0.3 is 5.97 Å². The predicted molar refractivity (Wildman–Crippen MR) is 106 cm³/mol.